The predicted molar refractivity (Wildman–Crippen MR) is 123 cm³/mol. The summed E-state index contributed by atoms with van der Waals surface area (Å²) in [6.45, 7) is 3.62. The Hall–Kier alpha value is -2.87. The molecule has 0 radical (unpaired) electrons. The number of carbonyl (C=O) groups is 2. The third-order valence-corrected chi connectivity index (χ3v) is 6.23. The van der Waals surface area contributed by atoms with Crippen molar-refractivity contribution < 1.29 is 18.0 Å². The van der Waals surface area contributed by atoms with Crippen molar-refractivity contribution in [1.29, 1.82) is 0 Å². The summed E-state index contributed by atoms with van der Waals surface area (Å²) < 4.78 is 26.1. The lowest BCUT2D eigenvalue weighted by molar-refractivity contribution is -0.139. The molecule has 0 heterocycles. The highest BCUT2D eigenvalue weighted by molar-refractivity contribution is 7.92. The summed E-state index contributed by atoms with van der Waals surface area (Å²) in [5, 5.41) is 2.61. The van der Waals surface area contributed by atoms with Gasteiger partial charge in [0, 0.05) is 13.6 Å². The van der Waals surface area contributed by atoms with Crippen LogP contribution in [0.25, 0.3) is 0 Å². The Balaban J connectivity index is 2.33. The van der Waals surface area contributed by atoms with Gasteiger partial charge in [-0.3, -0.25) is 13.9 Å². The highest BCUT2D eigenvalue weighted by atomic mass is 32.2. The van der Waals surface area contributed by atoms with E-state index in [-0.39, 0.29) is 12.5 Å². The molecule has 0 aliphatic heterocycles. The summed E-state index contributed by atoms with van der Waals surface area (Å²) in [7, 11) is -2.18. The van der Waals surface area contributed by atoms with Crippen molar-refractivity contribution >= 4 is 27.5 Å². The van der Waals surface area contributed by atoms with Crippen LogP contribution in [-0.4, -0.2) is 57.6 Å². The molecule has 0 fully saturated rings. The van der Waals surface area contributed by atoms with Crippen molar-refractivity contribution in [2.24, 2.45) is 0 Å². The standard InChI is InChI=1S/C23H31N3O4S/c1-5-21(23(28)24-3)25(15-14-19-11-7-6-8-12-19)22(27)17-26(31(4,29)30)20-13-9-10-18(2)16-20/h6-13,16,21H,5,14-15,17H2,1-4H3,(H,24,28)/t21-/m1/s1. The second-order valence-corrected chi connectivity index (χ2v) is 9.38. The van der Waals surface area contributed by atoms with Crippen LogP contribution in [0.3, 0.4) is 0 Å². The van der Waals surface area contributed by atoms with E-state index in [9.17, 15) is 18.0 Å². The maximum Gasteiger partial charge on any atom is 0.244 e. The Bertz CT molecular complexity index is 993. The van der Waals surface area contributed by atoms with Crippen LogP contribution in [0.1, 0.15) is 24.5 Å². The fourth-order valence-corrected chi connectivity index (χ4v) is 4.30. The Morgan fingerprint density at radius 2 is 1.74 bits per heavy atom. The van der Waals surface area contributed by atoms with Crippen LogP contribution in [-0.2, 0) is 26.0 Å². The molecule has 7 nitrogen and oxygen atoms in total. The van der Waals surface area contributed by atoms with Crippen molar-refractivity contribution in [3.8, 4) is 0 Å². The van der Waals surface area contributed by atoms with E-state index in [2.05, 4.69) is 5.32 Å². The second kappa shape index (κ2) is 10.9. The van der Waals surface area contributed by atoms with Gasteiger partial charge in [-0.05, 0) is 43.0 Å². The maximum absolute atomic E-state index is 13.3. The van der Waals surface area contributed by atoms with Gasteiger partial charge in [0.15, 0.2) is 0 Å². The van der Waals surface area contributed by atoms with E-state index in [1.165, 1.54) is 11.9 Å². The van der Waals surface area contributed by atoms with Gasteiger partial charge in [-0.15, -0.1) is 0 Å². The number of amides is 2. The minimum Gasteiger partial charge on any atom is -0.357 e. The Morgan fingerprint density at radius 1 is 1.06 bits per heavy atom. The number of rotatable bonds is 10. The lowest BCUT2D eigenvalue weighted by atomic mass is 10.1. The van der Waals surface area contributed by atoms with Gasteiger partial charge >= 0.3 is 0 Å². The van der Waals surface area contributed by atoms with Gasteiger partial charge in [0.2, 0.25) is 21.8 Å². The maximum atomic E-state index is 13.3. The Kier molecular flexibility index (Phi) is 8.62. The summed E-state index contributed by atoms with van der Waals surface area (Å²) in [4.78, 5) is 27.3. The molecule has 8 heteroatoms. The van der Waals surface area contributed by atoms with E-state index in [0.717, 1.165) is 21.7 Å². The molecule has 2 aromatic rings. The number of nitrogens with zero attached hydrogens (tertiary/aromatic N) is 2. The largest absolute Gasteiger partial charge is 0.357 e. The summed E-state index contributed by atoms with van der Waals surface area (Å²) >= 11 is 0. The number of anilines is 1. The van der Waals surface area contributed by atoms with Gasteiger partial charge in [-0.1, -0.05) is 49.4 Å². The van der Waals surface area contributed by atoms with E-state index in [4.69, 9.17) is 0 Å². The van der Waals surface area contributed by atoms with Crippen molar-refractivity contribution in [2.75, 3.05) is 30.7 Å². The molecule has 2 amide bonds. The van der Waals surface area contributed by atoms with E-state index in [1.807, 2.05) is 50.2 Å². The zero-order valence-electron chi connectivity index (χ0n) is 18.5. The van der Waals surface area contributed by atoms with Crippen LogP contribution in [0.4, 0.5) is 5.69 Å². The van der Waals surface area contributed by atoms with Crippen LogP contribution < -0.4 is 9.62 Å². The third-order valence-electron chi connectivity index (χ3n) is 5.09. The van der Waals surface area contributed by atoms with E-state index in [0.29, 0.717) is 25.1 Å². The molecule has 0 aromatic heterocycles. The number of hydrogen-bond acceptors (Lipinski definition) is 4. The normalized spacial score (nSPS) is 12.1. The highest BCUT2D eigenvalue weighted by Gasteiger charge is 2.30. The number of carbonyl (C=O) groups excluding carboxylic acids is 2. The Morgan fingerprint density at radius 3 is 2.29 bits per heavy atom. The molecule has 2 aromatic carbocycles. The molecule has 0 unspecified atom stereocenters. The SMILES string of the molecule is CC[C@H](C(=O)NC)N(CCc1ccccc1)C(=O)CN(c1cccc(C)c1)S(C)(=O)=O. The van der Waals surface area contributed by atoms with Crippen molar-refractivity contribution in [3.05, 3.63) is 65.7 Å². The fraction of sp³-hybridized carbons (Fsp3) is 0.391. The number of hydrogen-bond donors (Lipinski definition) is 1. The molecule has 0 bridgehead atoms. The lowest BCUT2D eigenvalue weighted by Gasteiger charge is -2.32. The first-order valence-corrected chi connectivity index (χ1v) is 12.1. The molecule has 1 atom stereocenters. The molecular weight excluding hydrogens is 414 g/mol. The van der Waals surface area contributed by atoms with Crippen molar-refractivity contribution in [2.45, 2.75) is 32.7 Å². The van der Waals surface area contributed by atoms with Gasteiger partial charge < -0.3 is 10.2 Å². The quantitative estimate of drug-likeness (QED) is 0.608. The minimum atomic E-state index is -3.70. The number of likely N-dealkylation sites (N-methyl/N-ethyl adjacent to an activating group) is 1. The molecule has 1 N–H and O–H groups in total. The molecule has 2 rings (SSSR count). The number of nitrogens with one attached hydrogen (secondary N) is 1. The van der Waals surface area contributed by atoms with Gasteiger partial charge in [-0.2, -0.15) is 0 Å². The molecule has 0 saturated heterocycles. The van der Waals surface area contributed by atoms with Crippen LogP contribution >= 0.6 is 0 Å². The lowest BCUT2D eigenvalue weighted by Crippen LogP contribution is -2.52. The zero-order chi connectivity index (χ0) is 23.0. The highest BCUT2D eigenvalue weighted by Crippen LogP contribution is 2.20. The summed E-state index contributed by atoms with van der Waals surface area (Å²) in [6.07, 6.45) is 2.06. The second-order valence-electron chi connectivity index (χ2n) is 7.47. The topological polar surface area (TPSA) is 86.8 Å². The molecule has 168 valence electrons. The fourth-order valence-electron chi connectivity index (χ4n) is 3.46. The third kappa shape index (κ3) is 6.82. The summed E-state index contributed by atoms with van der Waals surface area (Å²) in [6, 6.07) is 16.0. The zero-order valence-corrected chi connectivity index (χ0v) is 19.4. The number of sulfonamides is 1. The van der Waals surface area contributed by atoms with E-state index < -0.39 is 22.0 Å². The Labute approximate surface area is 185 Å². The molecular formula is C23H31N3O4S. The molecule has 0 aliphatic rings. The van der Waals surface area contributed by atoms with E-state index >= 15 is 0 Å². The van der Waals surface area contributed by atoms with Gasteiger partial charge in [-0.25, -0.2) is 8.42 Å². The monoisotopic (exact) mass is 445 g/mol. The first-order valence-electron chi connectivity index (χ1n) is 10.3. The molecule has 0 saturated carbocycles. The number of aryl methyl sites for hydroxylation is 1. The van der Waals surface area contributed by atoms with Crippen LogP contribution in [0, 0.1) is 6.92 Å². The van der Waals surface area contributed by atoms with Crippen molar-refractivity contribution in [1.82, 2.24) is 10.2 Å². The molecule has 0 spiro atoms. The molecule has 0 aliphatic carbocycles. The first kappa shape index (κ1) is 24.4. The van der Waals surface area contributed by atoms with Gasteiger partial charge in [0.05, 0.1) is 11.9 Å². The first-order chi connectivity index (χ1) is 14.7. The minimum absolute atomic E-state index is 0.273. The van der Waals surface area contributed by atoms with Crippen LogP contribution in [0.2, 0.25) is 0 Å². The number of benzene rings is 2. The van der Waals surface area contributed by atoms with Gasteiger partial charge in [0.1, 0.15) is 12.6 Å². The summed E-state index contributed by atoms with van der Waals surface area (Å²) in [5.74, 6) is -0.691. The van der Waals surface area contributed by atoms with Crippen LogP contribution in [0.5, 0.6) is 0 Å². The van der Waals surface area contributed by atoms with Crippen molar-refractivity contribution in [3.63, 3.8) is 0 Å². The predicted octanol–water partition coefficient (Wildman–Crippen LogP) is 2.36. The van der Waals surface area contributed by atoms with Crippen LogP contribution in [0.15, 0.2) is 54.6 Å². The van der Waals surface area contributed by atoms with Gasteiger partial charge in [0.25, 0.3) is 0 Å². The summed E-state index contributed by atoms with van der Waals surface area (Å²) in [5.41, 5.74) is 2.34. The average molecular weight is 446 g/mol. The molecule has 31 heavy (non-hydrogen) atoms. The van der Waals surface area contributed by atoms with E-state index in [1.54, 1.807) is 18.2 Å². The smallest absolute Gasteiger partial charge is 0.244 e. The average Bonchev–Trinajstić information content (AvgIpc) is 2.74.